The predicted octanol–water partition coefficient (Wildman–Crippen LogP) is 5.19. The average molecular weight is 441 g/mol. The topological polar surface area (TPSA) is 87.9 Å². The molecule has 2 aromatic heterocycles. The molecule has 0 unspecified atom stereocenters. The number of hydrogen-bond donors (Lipinski definition) is 1. The molecule has 0 aromatic carbocycles. The smallest absolute Gasteiger partial charge is 0.350 e. The van der Waals surface area contributed by atoms with E-state index in [0.717, 1.165) is 11.8 Å². The molecule has 156 valence electrons. The van der Waals surface area contributed by atoms with Gasteiger partial charge in [0.1, 0.15) is 21.7 Å². The summed E-state index contributed by atoms with van der Waals surface area (Å²) in [5.74, 6) is 0.108. The molecule has 6 nitrogen and oxygen atoms in total. The van der Waals surface area contributed by atoms with Gasteiger partial charge in [0.25, 0.3) is 6.43 Å². The number of ether oxygens (including phenoxy) is 1. The highest BCUT2D eigenvalue weighted by Crippen LogP contribution is 2.33. The number of halogens is 2. The van der Waals surface area contributed by atoms with E-state index in [0.29, 0.717) is 33.7 Å². The van der Waals surface area contributed by atoms with Gasteiger partial charge in [-0.2, -0.15) is 5.26 Å². The highest BCUT2D eigenvalue weighted by Gasteiger charge is 2.22. The van der Waals surface area contributed by atoms with Crippen LogP contribution in [0.1, 0.15) is 59.4 Å². The Kier molecular flexibility index (Phi) is 8.34. The molecular formula is C19H22F2N4O2S2. The third-order valence-electron chi connectivity index (χ3n) is 3.70. The van der Waals surface area contributed by atoms with Gasteiger partial charge in [-0.1, -0.05) is 36.9 Å². The zero-order valence-electron chi connectivity index (χ0n) is 16.6. The van der Waals surface area contributed by atoms with Gasteiger partial charge < -0.3 is 10.1 Å². The van der Waals surface area contributed by atoms with Crippen LogP contribution >= 0.6 is 23.1 Å². The zero-order chi connectivity index (χ0) is 21.6. The second kappa shape index (κ2) is 10.5. The number of nitriles is 1. The highest BCUT2D eigenvalue weighted by atomic mass is 32.2. The summed E-state index contributed by atoms with van der Waals surface area (Å²) in [5, 5.41) is 13.3. The standard InChI is InChI=1S/C19H22F2N4O2S2/c1-5-27-18(26)15-14(25-19(29-15)23-8-10(2)3)9-28-17-12(7-22)11(4)6-13(24-17)16(20)21/h6,10,16H,5,8-9H2,1-4H3,(H,23,25). The van der Waals surface area contributed by atoms with Gasteiger partial charge in [0.2, 0.25) is 0 Å². The fourth-order valence-electron chi connectivity index (χ4n) is 2.33. The van der Waals surface area contributed by atoms with Crippen LogP contribution in [-0.2, 0) is 10.5 Å². The number of pyridine rings is 1. The van der Waals surface area contributed by atoms with Gasteiger partial charge in [0, 0.05) is 12.3 Å². The first-order chi connectivity index (χ1) is 13.8. The molecule has 0 aliphatic rings. The molecule has 0 bridgehead atoms. The maximum atomic E-state index is 13.1. The molecular weight excluding hydrogens is 418 g/mol. The van der Waals surface area contributed by atoms with E-state index in [4.69, 9.17) is 4.74 Å². The lowest BCUT2D eigenvalue weighted by Gasteiger charge is -2.09. The van der Waals surface area contributed by atoms with E-state index >= 15 is 0 Å². The molecule has 29 heavy (non-hydrogen) atoms. The number of anilines is 1. The van der Waals surface area contributed by atoms with E-state index in [9.17, 15) is 18.8 Å². The molecule has 0 saturated carbocycles. The van der Waals surface area contributed by atoms with Gasteiger partial charge in [-0.05, 0) is 31.4 Å². The number of carbonyl (C=O) groups is 1. The average Bonchev–Trinajstić information content (AvgIpc) is 3.07. The van der Waals surface area contributed by atoms with Crippen molar-refractivity contribution < 1.29 is 18.3 Å². The molecule has 1 N–H and O–H groups in total. The number of rotatable bonds is 9. The number of thiazole rings is 1. The van der Waals surface area contributed by atoms with Crippen LogP contribution in [0.2, 0.25) is 0 Å². The molecule has 10 heteroatoms. The maximum absolute atomic E-state index is 13.1. The first kappa shape index (κ1) is 23.0. The number of thioether (sulfide) groups is 1. The molecule has 0 aliphatic heterocycles. The molecule has 0 amide bonds. The fraction of sp³-hybridized carbons (Fsp3) is 0.474. The number of aromatic nitrogens is 2. The second-order valence-electron chi connectivity index (χ2n) is 6.54. The van der Waals surface area contributed by atoms with Crippen molar-refractivity contribution in [3.05, 3.63) is 33.5 Å². The van der Waals surface area contributed by atoms with E-state index < -0.39 is 12.4 Å². The van der Waals surface area contributed by atoms with Crippen molar-refractivity contribution in [3.8, 4) is 6.07 Å². The summed E-state index contributed by atoms with van der Waals surface area (Å²) in [7, 11) is 0. The first-order valence-electron chi connectivity index (χ1n) is 9.00. The lowest BCUT2D eigenvalue weighted by Crippen LogP contribution is -2.07. The number of aryl methyl sites for hydroxylation is 1. The van der Waals surface area contributed by atoms with Crippen molar-refractivity contribution in [3.63, 3.8) is 0 Å². The second-order valence-corrected chi connectivity index (χ2v) is 8.50. The SMILES string of the molecule is CCOC(=O)c1sc(NCC(C)C)nc1CSc1nc(C(F)F)cc(C)c1C#N. The van der Waals surface area contributed by atoms with Crippen LogP contribution in [0.25, 0.3) is 0 Å². The minimum atomic E-state index is -2.73. The number of nitrogens with one attached hydrogen (secondary N) is 1. The van der Waals surface area contributed by atoms with E-state index in [2.05, 4.69) is 29.1 Å². The number of alkyl halides is 2. The van der Waals surface area contributed by atoms with Gasteiger partial charge in [-0.25, -0.2) is 23.5 Å². The first-order valence-corrected chi connectivity index (χ1v) is 10.8. The molecule has 0 spiro atoms. The van der Waals surface area contributed by atoms with Crippen LogP contribution in [0.5, 0.6) is 0 Å². The molecule has 0 saturated heterocycles. The molecule has 2 heterocycles. The number of esters is 1. The van der Waals surface area contributed by atoms with Crippen molar-refractivity contribution in [2.75, 3.05) is 18.5 Å². The molecule has 0 aliphatic carbocycles. The van der Waals surface area contributed by atoms with Gasteiger partial charge >= 0.3 is 5.97 Å². The number of nitrogens with zero attached hydrogens (tertiary/aromatic N) is 3. The van der Waals surface area contributed by atoms with Crippen LogP contribution in [0.15, 0.2) is 11.1 Å². The molecule has 2 rings (SSSR count). The Hall–Kier alpha value is -2.25. The van der Waals surface area contributed by atoms with Crippen LogP contribution in [-0.4, -0.2) is 29.1 Å². The molecule has 0 atom stereocenters. The summed E-state index contributed by atoms with van der Waals surface area (Å²) in [4.78, 5) is 21.0. The summed E-state index contributed by atoms with van der Waals surface area (Å²) in [6.07, 6.45) is -2.73. The number of carbonyl (C=O) groups excluding carboxylic acids is 1. The number of hydrogen-bond acceptors (Lipinski definition) is 8. The summed E-state index contributed by atoms with van der Waals surface area (Å²) in [6.45, 7) is 8.34. The maximum Gasteiger partial charge on any atom is 0.350 e. The van der Waals surface area contributed by atoms with E-state index in [-0.39, 0.29) is 28.6 Å². The van der Waals surface area contributed by atoms with Crippen molar-refractivity contribution in [1.82, 2.24) is 9.97 Å². The Labute approximate surface area is 176 Å². The van der Waals surface area contributed by atoms with Crippen molar-refractivity contribution >= 4 is 34.2 Å². The van der Waals surface area contributed by atoms with Gasteiger partial charge in [-0.15, -0.1) is 0 Å². The lowest BCUT2D eigenvalue weighted by atomic mass is 10.1. The lowest BCUT2D eigenvalue weighted by molar-refractivity contribution is 0.0531. The van der Waals surface area contributed by atoms with Gasteiger partial charge in [-0.3, -0.25) is 0 Å². The van der Waals surface area contributed by atoms with Crippen molar-refractivity contribution in [1.29, 1.82) is 5.26 Å². The summed E-state index contributed by atoms with van der Waals surface area (Å²) < 4.78 is 31.3. The molecule has 2 aromatic rings. The van der Waals surface area contributed by atoms with E-state index in [1.165, 1.54) is 17.4 Å². The Bertz CT molecular complexity index is 910. The Morgan fingerprint density at radius 3 is 2.72 bits per heavy atom. The van der Waals surface area contributed by atoms with Crippen molar-refractivity contribution in [2.45, 2.75) is 44.9 Å². The zero-order valence-corrected chi connectivity index (χ0v) is 18.2. The third kappa shape index (κ3) is 6.11. The molecule has 0 radical (unpaired) electrons. The van der Waals surface area contributed by atoms with Crippen molar-refractivity contribution in [2.24, 2.45) is 5.92 Å². The fourth-order valence-corrected chi connectivity index (χ4v) is 4.31. The molecule has 0 fully saturated rings. The summed E-state index contributed by atoms with van der Waals surface area (Å²) in [6, 6.07) is 3.23. The van der Waals surface area contributed by atoms with Crippen LogP contribution in [0.3, 0.4) is 0 Å². The van der Waals surface area contributed by atoms with E-state index in [1.54, 1.807) is 13.8 Å². The third-order valence-corrected chi connectivity index (χ3v) is 5.73. The van der Waals surface area contributed by atoms with Crippen LogP contribution in [0.4, 0.5) is 13.9 Å². The monoisotopic (exact) mass is 440 g/mol. The quantitative estimate of drug-likeness (QED) is 0.424. The Morgan fingerprint density at radius 1 is 1.41 bits per heavy atom. The van der Waals surface area contributed by atoms with Crippen LogP contribution < -0.4 is 5.32 Å². The van der Waals surface area contributed by atoms with E-state index in [1.807, 2.05) is 6.07 Å². The Balaban J connectivity index is 2.31. The normalized spacial score (nSPS) is 11.0. The minimum Gasteiger partial charge on any atom is -0.462 e. The summed E-state index contributed by atoms with van der Waals surface area (Å²) in [5.41, 5.74) is 0.761. The summed E-state index contributed by atoms with van der Waals surface area (Å²) >= 11 is 2.29. The largest absolute Gasteiger partial charge is 0.462 e. The van der Waals surface area contributed by atoms with Crippen LogP contribution in [0, 0.1) is 24.2 Å². The highest BCUT2D eigenvalue weighted by molar-refractivity contribution is 7.98. The predicted molar refractivity (Wildman–Crippen MR) is 110 cm³/mol. The van der Waals surface area contributed by atoms with Gasteiger partial charge in [0.05, 0.1) is 17.9 Å². The van der Waals surface area contributed by atoms with Gasteiger partial charge in [0.15, 0.2) is 5.13 Å². The Morgan fingerprint density at radius 2 is 2.14 bits per heavy atom. The minimum absolute atomic E-state index is 0.196.